The third-order valence-corrected chi connectivity index (χ3v) is 3.37. The molecule has 0 saturated carbocycles. The Balaban J connectivity index is 2.34. The molecule has 1 aliphatic carbocycles. The molecular formula is C13H15F3. The zero-order valence-corrected chi connectivity index (χ0v) is 9.32. The Kier molecular flexibility index (Phi) is 3.22. The van der Waals surface area contributed by atoms with Gasteiger partial charge in [0.2, 0.25) is 0 Å². The lowest BCUT2D eigenvalue weighted by Gasteiger charge is -2.24. The van der Waals surface area contributed by atoms with Crippen LogP contribution in [0, 0.1) is 23.4 Å². The molecule has 2 rings (SSSR count). The maximum Gasteiger partial charge on any atom is 0.194 e. The number of halogens is 3. The Morgan fingerprint density at radius 1 is 1.25 bits per heavy atom. The van der Waals surface area contributed by atoms with Gasteiger partial charge >= 0.3 is 0 Å². The highest BCUT2D eigenvalue weighted by molar-refractivity contribution is 5.33. The molecule has 1 unspecified atom stereocenters. The van der Waals surface area contributed by atoms with Crippen molar-refractivity contribution >= 4 is 0 Å². The average Bonchev–Trinajstić information content (AvgIpc) is 2.28. The molecule has 88 valence electrons. The van der Waals surface area contributed by atoms with Crippen LogP contribution in [0.15, 0.2) is 6.07 Å². The predicted octanol–water partition coefficient (Wildman–Crippen LogP) is 4.01. The summed E-state index contributed by atoms with van der Waals surface area (Å²) in [6, 6.07) is 1.15. The van der Waals surface area contributed by atoms with E-state index in [0.717, 1.165) is 25.3 Å². The van der Waals surface area contributed by atoms with E-state index in [2.05, 4.69) is 6.92 Å². The van der Waals surface area contributed by atoms with Crippen LogP contribution in [0.1, 0.15) is 37.3 Å². The average molecular weight is 228 g/mol. The number of hydrogen-bond donors (Lipinski definition) is 0. The Morgan fingerprint density at radius 3 is 2.69 bits per heavy atom. The number of fused-ring (bicyclic) bond motifs is 1. The molecule has 1 aliphatic rings. The third kappa shape index (κ3) is 1.95. The smallest absolute Gasteiger partial charge is 0.194 e. The summed E-state index contributed by atoms with van der Waals surface area (Å²) in [5, 5.41) is 0. The summed E-state index contributed by atoms with van der Waals surface area (Å²) >= 11 is 0. The van der Waals surface area contributed by atoms with Gasteiger partial charge in [0.25, 0.3) is 0 Å². The topological polar surface area (TPSA) is 0 Å². The molecule has 0 nitrogen and oxygen atoms in total. The van der Waals surface area contributed by atoms with Gasteiger partial charge in [-0.1, -0.05) is 19.8 Å². The van der Waals surface area contributed by atoms with Gasteiger partial charge in [-0.3, -0.25) is 0 Å². The molecule has 16 heavy (non-hydrogen) atoms. The largest absolute Gasteiger partial charge is 0.204 e. The lowest BCUT2D eigenvalue weighted by atomic mass is 9.81. The van der Waals surface area contributed by atoms with E-state index >= 15 is 0 Å². The van der Waals surface area contributed by atoms with Crippen molar-refractivity contribution in [1.82, 2.24) is 0 Å². The fourth-order valence-electron chi connectivity index (χ4n) is 2.53. The lowest BCUT2D eigenvalue weighted by Crippen LogP contribution is -2.17. The molecule has 3 heteroatoms. The van der Waals surface area contributed by atoms with Crippen molar-refractivity contribution in [2.45, 2.75) is 39.0 Å². The van der Waals surface area contributed by atoms with Crippen LogP contribution in [0.25, 0.3) is 0 Å². The summed E-state index contributed by atoms with van der Waals surface area (Å²) < 4.78 is 39.6. The van der Waals surface area contributed by atoms with Crippen molar-refractivity contribution in [3.05, 3.63) is 34.6 Å². The van der Waals surface area contributed by atoms with E-state index in [1.807, 2.05) is 0 Å². The standard InChI is InChI=1S/C13H15F3/c1-2-3-8-4-5-9-7-11(14)13(16)12(15)10(9)6-8/h7-8H,2-6H2,1H3. The second-order valence-electron chi connectivity index (χ2n) is 4.52. The zero-order chi connectivity index (χ0) is 11.7. The molecule has 1 aromatic rings. The Labute approximate surface area is 93.5 Å². The van der Waals surface area contributed by atoms with Crippen molar-refractivity contribution in [3.8, 4) is 0 Å². The number of aryl methyl sites for hydroxylation is 1. The van der Waals surface area contributed by atoms with Gasteiger partial charge in [0.05, 0.1) is 0 Å². The van der Waals surface area contributed by atoms with Gasteiger partial charge < -0.3 is 0 Å². The fourth-order valence-corrected chi connectivity index (χ4v) is 2.53. The maximum absolute atomic E-state index is 13.5. The molecule has 0 saturated heterocycles. The number of rotatable bonds is 2. The van der Waals surface area contributed by atoms with Crippen molar-refractivity contribution in [2.24, 2.45) is 5.92 Å². The molecule has 0 bridgehead atoms. The molecule has 0 fully saturated rings. The highest BCUT2D eigenvalue weighted by Crippen LogP contribution is 2.31. The first-order chi connectivity index (χ1) is 7.63. The second kappa shape index (κ2) is 4.48. The van der Waals surface area contributed by atoms with E-state index in [0.29, 0.717) is 29.9 Å². The molecule has 0 N–H and O–H groups in total. The summed E-state index contributed by atoms with van der Waals surface area (Å²) in [5.41, 5.74) is 1.03. The number of hydrogen-bond acceptors (Lipinski definition) is 0. The van der Waals surface area contributed by atoms with Crippen LogP contribution < -0.4 is 0 Å². The Morgan fingerprint density at radius 2 is 2.00 bits per heavy atom. The molecule has 1 atom stereocenters. The van der Waals surface area contributed by atoms with E-state index < -0.39 is 17.5 Å². The van der Waals surface area contributed by atoms with Crippen LogP contribution in [-0.4, -0.2) is 0 Å². The van der Waals surface area contributed by atoms with E-state index in [1.165, 1.54) is 0 Å². The van der Waals surface area contributed by atoms with Crippen molar-refractivity contribution < 1.29 is 13.2 Å². The molecule has 0 radical (unpaired) electrons. The minimum Gasteiger partial charge on any atom is -0.204 e. The van der Waals surface area contributed by atoms with Crippen molar-refractivity contribution in [3.63, 3.8) is 0 Å². The second-order valence-corrected chi connectivity index (χ2v) is 4.52. The van der Waals surface area contributed by atoms with E-state index in [4.69, 9.17) is 0 Å². The molecule has 0 amide bonds. The molecule has 0 aliphatic heterocycles. The van der Waals surface area contributed by atoms with Crippen molar-refractivity contribution in [1.29, 1.82) is 0 Å². The molecular weight excluding hydrogens is 213 g/mol. The fraction of sp³-hybridized carbons (Fsp3) is 0.538. The molecule has 1 aromatic carbocycles. The van der Waals surface area contributed by atoms with Crippen LogP contribution >= 0.6 is 0 Å². The maximum atomic E-state index is 13.5. The first-order valence-electron chi connectivity index (χ1n) is 5.78. The van der Waals surface area contributed by atoms with E-state index in [-0.39, 0.29) is 0 Å². The van der Waals surface area contributed by atoms with Gasteiger partial charge in [-0.2, -0.15) is 0 Å². The first kappa shape index (κ1) is 11.5. The minimum absolute atomic E-state index is 0.392. The first-order valence-corrected chi connectivity index (χ1v) is 5.78. The van der Waals surface area contributed by atoms with Gasteiger partial charge in [0.15, 0.2) is 17.5 Å². The molecule has 0 heterocycles. The normalized spacial score (nSPS) is 19.6. The number of benzene rings is 1. The zero-order valence-electron chi connectivity index (χ0n) is 9.32. The van der Waals surface area contributed by atoms with Gasteiger partial charge in [0, 0.05) is 0 Å². The van der Waals surface area contributed by atoms with Gasteiger partial charge in [-0.15, -0.1) is 0 Å². The van der Waals surface area contributed by atoms with E-state index in [1.54, 1.807) is 0 Å². The SMILES string of the molecule is CCCC1CCc2cc(F)c(F)c(F)c2C1. The van der Waals surface area contributed by atoms with Gasteiger partial charge in [-0.05, 0) is 42.4 Å². The van der Waals surface area contributed by atoms with Crippen LogP contribution in [0.3, 0.4) is 0 Å². The summed E-state index contributed by atoms with van der Waals surface area (Å²) in [5.74, 6) is -2.95. The lowest BCUT2D eigenvalue weighted by molar-refractivity contribution is 0.388. The Hall–Kier alpha value is -0.990. The van der Waals surface area contributed by atoms with Gasteiger partial charge in [0.1, 0.15) is 0 Å². The highest BCUT2D eigenvalue weighted by atomic mass is 19.2. The van der Waals surface area contributed by atoms with Crippen LogP contribution in [0.2, 0.25) is 0 Å². The minimum atomic E-state index is -1.32. The van der Waals surface area contributed by atoms with Crippen LogP contribution in [0.4, 0.5) is 13.2 Å². The molecule has 0 spiro atoms. The van der Waals surface area contributed by atoms with Crippen molar-refractivity contribution in [2.75, 3.05) is 0 Å². The molecule has 0 aromatic heterocycles. The summed E-state index contributed by atoms with van der Waals surface area (Å²) in [6.45, 7) is 2.08. The monoisotopic (exact) mass is 228 g/mol. The summed E-state index contributed by atoms with van der Waals surface area (Å²) in [7, 11) is 0. The van der Waals surface area contributed by atoms with Gasteiger partial charge in [-0.25, -0.2) is 13.2 Å². The highest BCUT2D eigenvalue weighted by Gasteiger charge is 2.25. The Bertz CT molecular complexity index is 399. The third-order valence-electron chi connectivity index (χ3n) is 3.37. The quantitative estimate of drug-likeness (QED) is 0.671. The summed E-state index contributed by atoms with van der Waals surface area (Å²) in [6.07, 6.45) is 4.23. The summed E-state index contributed by atoms with van der Waals surface area (Å²) in [4.78, 5) is 0. The van der Waals surface area contributed by atoms with Crippen LogP contribution in [-0.2, 0) is 12.8 Å². The predicted molar refractivity (Wildman–Crippen MR) is 56.7 cm³/mol. The van der Waals surface area contributed by atoms with Crippen LogP contribution in [0.5, 0.6) is 0 Å². The van der Waals surface area contributed by atoms with E-state index in [9.17, 15) is 13.2 Å².